The van der Waals surface area contributed by atoms with Crippen LogP contribution in [0.5, 0.6) is 0 Å². The molecule has 1 heterocycles. The quantitative estimate of drug-likeness (QED) is 0.579. The number of rotatable bonds is 2. The molecule has 0 N–H and O–H groups in total. The molecule has 1 fully saturated rings. The summed E-state index contributed by atoms with van der Waals surface area (Å²) < 4.78 is 9.56. The number of likely N-dealkylation sites (N-methyl/N-ethyl adjacent to an activating group) is 1. The van der Waals surface area contributed by atoms with Crippen molar-refractivity contribution < 1.29 is 23.7 Å². The molecule has 0 saturated carbocycles. The molecule has 16 heavy (non-hydrogen) atoms. The summed E-state index contributed by atoms with van der Waals surface area (Å²) >= 11 is 0. The van der Waals surface area contributed by atoms with Gasteiger partial charge in [0.2, 0.25) is 0 Å². The summed E-state index contributed by atoms with van der Waals surface area (Å²) in [6, 6.07) is 0. The Kier molecular flexibility index (Phi) is 4.06. The van der Waals surface area contributed by atoms with Gasteiger partial charge in [-0.15, -0.1) is 0 Å². The molecule has 0 amide bonds. The highest BCUT2D eigenvalue weighted by Crippen LogP contribution is 2.06. The van der Waals surface area contributed by atoms with E-state index in [4.69, 9.17) is 9.31 Å². The number of hydrogen-bond acceptors (Lipinski definition) is 6. The molecule has 0 radical (unpaired) electrons. The molecule has 0 aromatic carbocycles. The molecule has 1 rings (SSSR count). The van der Waals surface area contributed by atoms with Crippen molar-refractivity contribution in [1.29, 1.82) is 0 Å². The molecule has 0 bridgehead atoms. The van der Waals surface area contributed by atoms with Gasteiger partial charge in [0.1, 0.15) is 0 Å². The molecule has 7 heteroatoms. The molecule has 0 spiro atoms. The van der Waals surface area contributed by atoms with Crippen LogP contribution in [0.3, 0.4) is 0 Å². The zero-order valence-electron chi connectivity index (χ0n) is 9.56. The van der Waals surface area contributed by atoms with E-state index in [1.54, 1.807) is 20.9 Å². The first kappa shape index (κ1) is 12.7. The second-order valence-corrected chi connectivity index (χ2v) is 4.04. The zero-order chi connectivity index (χ0) is 12.3. The molecule has 0 aromatic heterocycles. The van der Waals surface area contributed by atoms with Gasteiger partial charge in [0.15, 0.2) is 5.68 Å². The first-order valence-electron chi connectivity index (χ1n) is 5.01. The van der Waals surface area contributed by atoms with E-state index in [2.05, 4.69) is 0 Å². The lowest BCUT2D eigenvalue weighted by molar-refractivity contribution is -0.147. The Balaban J connectivity index is 2.74. The monoisotopic (exact) mass is 227 g/mol. The van der Waals surface area contributed by atoms with E-state index in [-0.39, 0.29) is 19.0 Å². The Morgan fingerprint density at radius 2 is 1.69 bits per heavy atom. The third-order valence-corrected chi connectivity index (χ3v) is 2.08. The second kappa shape index (κ2) is 5.11. The molecule has 88 valence electrons. The van der Waals surface area contributed by atoms with Crippen LogP contribution in [0.25, 0.3) is 0 Å². The molecule has 0 unspecified atom stereocenters. The molecular weight excluding hydrogens is 213 g/mol. The Hall–Kier alpha value is -1.37. The summed E-state index contributed by atoms with van der Waals surface area (Å²) in [7, 11) is 0.196. The lowest BCUT2D eigenvalue weighted by Crippen LogP contribution is -2.47. The van der Waals surface area contributed by atoms with Gasteiger partial charge in [0, 0.05) is 5.92 Å². The number of hydrogen-bond donors (Lipinski definition) is 0. The molecule has 0 aromatic rings. The maximum Gasteiger partial charge on any atom is 0.675 e. The largest absolute Gasteiger partial charge is 0.675 e. The van der Waals surface area contributed by atoms with Gasteiger partial charge in [-0.05, 0) is 7.05 Å². The van der Waals surface area contributed by atoms with Crippen LogP contribution in [0.2, 0.25) is 0 Å². The van der Waals surface area contributed by atoms with Gasteiger partial charge in [0.25, 0.3) is 0 Å². The maximum absolute atomic E-state index is 11.6. The minimum atomic E-state index is -1.39. The SMILES string of the molecule is CC(C)C(=O)B1OC(=O)CN(C)CC(=O)O1. The summed E-state index contributed by atoms with van der Waals surface area (Å²) in [4.78, 5) is 35.6. The van der Waals surface area contributed by atoms with E-state index in [9.17, 15) is 14.4 Å². The average Bonchev–Trinajstić information content (AvgIpc) is 2.12. The molecule has 0 atom stereocenters. The second-order valence-electron chi connectivity index (χ2n) is 4.04. The van der Waals surface area contributed by atoms with Crippen molar-refractivity contribution >= 4 is 24.7 Å². The van der Waals surface area contributed by atoms with Gasteiger partial charge in [0.05, 0.1) is 13.1 Å². The summed E-state index contributed by atoms with van der Waals surface area (Å²) in [5.41, 5.74) is -0.411. The lowest BCUT2D eigenvalue weighted by Gasteiger charge is -2.22. The topological polar surface area (TPSA) is 72.9 Å². The number of carbonyl (C=O) groups excluding carboxylic acids is 3. The van der Waals surface area contributed by atoms with E-state index in [1.807, 2.05) is 0 Å². The fraction of sp³-hybridized carbons (Fsp3) is 0.667. The lowest BCUT2D eigenvalue weighted by atomic mass is 9.76. The number of carbonyl (C=O) groups is 3. The molecule has 6 nitrogen and oxygen atoms in total. The molecular formula is C9H14BNO5. The summed E-state index contributed by atoms with van der Waals surface area (Å²) in [5, 5.41) is 0. The van der Waals surface area contributed by atoms with E-state index in [0.717, 1.165) is 0 Å². The van der Waals surface area contributed by atoms with E-state index < -0.39 is 24.7 Å². The predicted octanol–water partition coefficient (Wildman–Crippen LogP) is -0.729. The van der Waals surface area contributed by atoms with Gasteiger partial charge in [-0.25, -0.2) is 0 Å². The first-order chi connectivity index (χ1) is 7.40. The van der Waals surface area contributed by atoms with Crippen LogP contribution in [0.4, 0.5) is 0 Å². The average molecular weight is 227 g/mol. The van der Waals surface area contributed by atoms with Gasteiger partial charge < -0.3 is 14.1 Å². The Labute approximate surface area is 94.0 Å². The zero-order valence-corrected chi connectivity index (χ0v) is 9.56. The standard InChI is InChI=1S/C9H14BNO5/c1-6(2)9(14)10-15-7(12)4-11(3)5-8(13)16-10/h6H,4-5H2,1-3H3. The van der Waals surface area contributed by atoms with Crippen molar-refractivity contribution in [2.75, 3.05) is 20.1 Å². The van der Waals surface area contributed by atoms with Crippen molar-refractivity contribution in [2.45, 2.75) is 13.8 Å². The fourth-order valence-corrected chi connectivity index (χ4v) is 1.22. The smallest absolute Gasteiger partial charge is 0.492 e. The molecule has 1 saturated heterocycles. The van der Waals surface area contributed by atoms with Gasteiger partial charge in [-0.1, -0.05) is 13.8 Å². The molecule has 0 aliphatic carbocycles. The molecule has 1 aliphatic rings. The first-order valence-corrected chi connectivity index (χ1v) is 5.01. The van der Waals surface area contributed by atoms with Crippen molar-refractivity contribution in [1.82, 2.24) is 4.90 Å². The minimum absolute atomic E-state index is 0.0308. The predicted molar refractivity (Wildman–Crippen MR) is 55.3 cm³/mol. The minimum Gasteiger partial charge on any atom is -0.492 e. The Morgan fingerprint density at radius 1 is 1.25 bits per heavy atom. The van der Waals surface area contributed by atoms with Crippen molar-refractivity contribution in [2.24, 2.45) is 5.92 Å². The Bertz CT molecular complexity index is 297. The van der Waals surface area contributed by atoms with Crippen LogP contribution in [-0.2, 0) is 23.7 Å². The highest BCUT2D eigenvalue weighted by atomic mass is 16.6. The Morgan fingerprint density at radius 3 is 2.06 bits per heavy atom. The van der Waals surface area contributed by atoms with Crippen LogP contribution in [0.1, 0.15) is 13.8 Å². The van der Waals surface area contributed by atoms with Crippen LogP contribution in [0.15, 0.2) is 0 Å². The summed E-state index contributed by atoms with van der Waals surface area (Å²) in [6.45, 7) is 3.23. The van der Waals surface area contributed by atoms with E-state index in [0.29, 0.717) is 0 Å². The maximum atomic E-state index is 11.6. The van der Waals surface area contributed by atoms with Crippen molar-refractivity contribution in [3.63, 3.8) is 0 Å². The number of nitrogens with zero attached hydrogens (tertiary/aromatic N) is 1. The fourth-order valence-electron chi connectivity index (χ4n) is 1.22. The highest BCUT2D eigenvalue weighted by molar-refractivity contribution is 6.82. The van der Waals surface area contributed by atoms with Gasteiger partial charge in [-0.2, -0.15) is 0 Å². The van der Waals surface area contributed by atoms with Crippen LogP contribution in [0, 0.1) is 5.92 Å². The third kappa shape index (κ3) is 3.34. The van der Waals surface area contributed by atoms with Gasteiger partial charge in [-0.3, -0.25) is 14.5 Å². The van der Waals surface area contributed by atoms with Crippen LogP contribution < -0.4 is 0 Å². The van der Waals surface area contributed by atoms with Gasteiger partial charge >= 0.3 is 19.1 Å². The highest BCUT2D eigenvalue weighted by Gasteiger charge is 2.40. The van der Waals surface area contributed by atoms with Crippen LogP contribution in [-0.4, -0.2) is 49.8 Å². The normalized spacial score (nSPS) is 18.9. The summed E-state index contributed by atoms with van der Waals surface area (Å²) in [6.07, 6.45) is 0. The van der Waals surface area contributed by atoms with Crippen LogP contribution >= 0.6 is 0 Å². The molecule has 1 aliphatic heterocycles. The summed E-state index contributed by atoms with van der Waals surface area (Å²) in [5.74, 6) is -1.51. The van der Waals surface area contributed by atoms with E-state index in [1.165, 1.54) is 4.90 Å². The van der Waals surface area contributed by atoms with Crippen molar-refractivity contribution in [3.8, 4) is 0 Å². The third-order valence-electron chi connectivity index (χ3n) is 2.08. The van der Waals surface area contributed by atoms with Crippen molar-refractivity contribution in [3.05, 3.63) is 0 Å². The van der Waals surface area contributed by atoms with E-state index >= 15 is 0 Å².